The Morgan fingerprint density at radius 3 is 2.09 bits per heavy atom. The van der Waals surface area contributed by atoms with E-state index >= 15 is 0 Å². The first kappa shape index (κ1) is 19.4. The number of hydrogen-bond acceptors (Lipinski definition) is 4. The second kappa shape index (κ2) is 7.12. The third-order valence-electron chi connectivity index (χ3n) is 6.06. The van der Waals surface area contributed by atoms with Crippen molar-refractivity contribution in [3.8, 4) is 0 Å². The van der Waals surface area contributed by atoms with Gasteiger partial charge in [-0.15, -0.1) is 0 Å². The Kier molecular flexibility index (Phi) is 6.00. The van der Waals surface area contributed by atoms with Crippen molar-refractivity contribution in [3.05, 3.63) is 0 Å². The summed E-state index contributed by atoms with van der Waals surface area (Å²) in [5.74, 6) is -0.377. The predicted octanol–water partition coefficient (Wildman–Crippen LogP) is 4.23. The van der Waals surface area contributed by atoms with Crippen LogP contribution in [0.3, 0.4) is 0 Å². The van der Waals surface area contributed by atoms with Gasteiger partial charge in [0.1, 0.15) is 0 Å². The molecule has 2 aliphatic rings. The zero-order valence-corrected chi connectivity index (χ0v) is 16.7. The van der Waals surface area contributed by atoms with Crippen LogP contribution in [0, 0.1) is 0 Å². The molecule has 0 atom stereocenters. The van der Waals surface area contributed by atoms with Gasteiger partial charge in [0.15, 0.2) is 14.1 Å². The van der Waals surface area contributed by atoms with Gasteiger partial charge in [-0.3, -0.25) is 0 Å². The van der Waals surface area contributed by atoms with Crippen LogP contribution in [0.25, 0.3) is 0 Å². The van der Waals surface area contributed by atoms with Gasteiger partial charge in [-0.05, 0) is 50.2 Å². The van der Waals surface area contributed by atoms with Gasteiger partial charge in [0, 0.05) is 19.4 Å². The molecule has 0 amide bonds. The summed E-state index contributed by atoms with van der Waals surface area (Å²) in [6.07, 6.45) is 6.15. The molecule has 0 unspecified atom stereocenters. The van der Waals surface area contributed by atoms with Crippen LogP contribution in [-0.2, 0) is 13.9 Å². The van der Waals surface area contributed by atoms with Crippen molar-refractivity contribution < 1.29 is 19.0 Å². The molecule has 4 nitrogen and oxygen atoms in total. The maximum atomic E-state index is 10.8. The lowest BCUT2D eigenvalue weighted by Crippen LogP contribution is -2.43. The van der Waals surface area contributed by atoms with E-state index in [2.05, 4.69) is 33.9 Å². The van der Waals surface area contributed by atoms with E-state index in [1.165, 1.54) is 0 Å². The van der Waals surface area contributed by atoms with Gasteiger partial charge >= 0.3 is 0 Å². The average Bonchev–Trinajstić information content (AvgIpc) is 2.90. The highest BCUT2D eigenvalue weighted by Crippen LogP contribution is 2.42. The number of ether oxygens (including phenoxy) is 2. The van der Waals surface area contributed by atoms with E-state index < -0.39 is 13.9 Å². The molecule has 0 aromatic carbocycles. The van der Waals surface area contributed by atoms with Crippen molar-refractivity contribution >= 4 is 8.32 Å². The lowest BCUT2D eigenvalue weighted by Gasteiger charge is -2.40. The second-order valence-corrected chi connectivity index (χ2v) is 13.7. The zero-order chi connectivity index (χ0) is 17.2. The van der Waals surface area contributed by atoms with Crippen LogP contribution in [-0.4, -0.2) is 44.6 Å². The topological polar surface area (TPSA) is 47.9 Å². The van der Waals surface area contributed by atoms with Crippen LogP contribution in [0.15, 0.2) is 0 Å². The highest BCUT2D eigenvalue weighted by molar-refractivity contribution is 6.74. The summed E-state index contributed by atoms with van der Waals surface area (Å²) in [6, 6.07) is 0. The summed E-state index contributed by atoms with van der Waals surface area (Å²) in [5, 5.41) is 11.0. The average molecular weight is 345 g/mol. The largest absolute Gasteiger partial charge is 0.417 e. The Morgan fingerprint density at radius 1 is 1.00 bits per heavy atom. The minimum absolute atomic E-state index is 0.268. The van der Waals surface area contributed by atoms with Crippen molar-refractivity contribution in [2.45, 2.75) is 95.2 Å². The van der Waals surface area contributed by atoms with Crippen LogP contribution in [0.4, 0.5) is 0 Å². The molecule has 1 N–H and O–H groups in total. The van der Waals surface area contributed by atoms with E-state index in [0.717, 1.165) is 51.6 Å². The van der Waals surface area contributed by atoms with Gasteiger partial charge in [0.25, 0.3) is 0 Å². The van der Waals surface area contributed by atoms with Gasteiger partial charge in [-0.25, -0.2) is 0 Å². The molecule has 1 heterocycles. The van der Waals surface area contributed by atoms with Crippen LogP contribution >= 0.6 is 0 Å². The molecule has 1 aliphatic carbocycles. The van der Waals surface area contributed by atoms with Crippen molar-refractivity contribution in [2.24, 2.45) is 0 Å². The molecule has 0 aromatic heterocycles. The van der Waals surface area contributed by atoms with E-state index in [1.807, 2.05) is 0 Å². The molecule has 1 saturated heterocycles. The monoisotopic (exact) mass is 344 g/mol. The summed E-state index contributed by atoms with van der Waals surface area (Å²) in [4.78, 5) is 0. The van der Waals surface area contributed by atoms with Gasteiger partial charge < -0.3 is 19.0 Å². The molecule has 1 aliphatic heterocycles. The normalized spacial score (nSPS) is 24.3. The fraction of sp³-hybridized carbons (Fsp3) is 1.00. The summed E-state index contributed by atoms with van der Waals surface area (Å²) < 4.78 is 17.7. The molecule has 136 valence electrons. The number of rotatable bonds is 6. The number of unbranched alkanes of at least 4 members (excludes halogenated alkanes) is 1. The number of hydrogen-bond donors (Lipinski definition) is 1. The Hall–Kier alpha value is 0.0569. The smallest absolute Gasteiger partial charge is 0.191 e. The molecule has 0 radical (unpaired) electrons. The molecule has 1 saturated carbocycles. The molecule has 0 bridgehead atoms. The maximum absolute atomic E-state index is 10.8. The summed E-state index contributed by atoms with van der Waals surface area (Å²) in [6.45, 7) is 13.6. The molecule has 2 rings (SSSR count). The third-order valence-corrected chi connectivity index (χ3v) is 10.6. The first-order valence-electron chi connectivity index (χ1n) is 9.22. The van der Waals surface area contributed by atoms with E-state index in [4.69, 9.17) is 13.9 Å². The Labute approximate surface area is 143 Å². The van der Waals surface area contributed by atoms with Crippen LogP contribution in [0.1, 0.15) is 65.7 Å². The number of aliphatic hydroxyl groups is 1. The van der Waals surface area contributed by atoms with Crippen LogP contribution in [0.5, 0.6) is 0 Å². The van der Waals surface area contributed by atoms with Crippen molar-refractivity contribution in [1.29, 1.82) is 0 Å². The van der Waals surface area contributed by atoms with E-state index in [0.29, 0.717) is 13.2 Å². The van der Waals surface area contributed by atoms with Gasteiger partial charge in [0.2, 0.25) is 0 Å². The van der Waals surface area contributed by atoms with E-state index in [9.17, 15) is 5.11 Å². The van der Waals surface area contributed by atoms with E-state index in [1.54, 1.807) is 0 Å². The Balaban J connectivity index is 1.65. The van der Waals surface area contributed by atoms with Gasteiger partial charge in [0.05, 0.1) is 18.8 Å². The molecule has 2 fully saturated rings. The molecule has 0 aromatic rings. The fourth-order valence-electron chi connectivity index (χ4n) is 3.23. The highest BCUT2D eigenvalue weighted by atomic mass is 28.4. The van der Waals surface area contributed by atoms with E-state index in [-0.39, 0.29) is 10.8 Å². The minimum Gasteiger partial charge on any atom is -0.417 e. The fourth-order valence-corrected chi connectivity index (χ4v) is 4.32. The van der Waals surface area contributed by atoms with Crippen LogP contribution < -0.4 is 0 Å². The van der Waals surface area contributed by atoms with Crippen molar-refractivity contribution in [1.82, 2.24) is 0 Å². The third kappa shape index (κ3) is 5.02. The molecular formula is C18H36O4Si. The first-order chi connectivity index (χ1) is 10.6. The summed E-state index contributed by atoms with van der Waals surface area (Å²) >= 11 is 0. The van der Waals surface area contributed by atoms with Gasteiger partial charge in [-0.1, -0.05) is 20.8 Å². The quantitative estimate of drug-likeness (QED) is 0.579. The van der Waals surface area contributed by atoms with Crippen LogP contribution in [0.2, 0.25) is 18.1 Å². The molecule has 5 heteroatoms. The standard InChI is InChI=1S/C18H36O4Si/c1-16(2,3)23(4,5)22-13-7-6-8-17(19)9-11-18(12-10-17)20-14-15-21-18/h19H,6-15H2,1-5H3. The molecule has 1 spiro atoms. The molecule has 23 heavy (non-hydrogen) atoms. The predicted molar refractivity (Wildman–Crippen MR) is 95.1 cm³/mol. The molecular weight excluding hydrogens is 308 g/mol. The summed E-state index contributed by atoms with van der Waals surface area (Å²) in [7, 11) is -1.63. The van der Waals surface area contributed by atoms with Crippen molar-refractivity contribution in [3.63, 3.8) is 0 Å². The summed E-state index contributed by atoms with van der Waals surface area (Å²) in [5.41, 5.74) is -0.530. The van der Waals surface area contributed by atoms with Gasteiger partial charge in [-0.2, -0.15) is 0 Å². The SMILES string of the molecule is CC(C)(C)[Si](C)(C)OCCCCC1(O)CCC2(CC1)OCCO2. The Bertz CT molecular complexity index is 373. The minimum atomic E-state index is -1.63. The Morgan fingerprint density at radius 2 is 1.57 bits per heavy atom. The lowest BCUT2D eigenvalue weighted by atomic mass is 9.78. The van der Waals surface area contributed by atoms with Crippen molar-refractivity contribution in [2.75, 3.05) is 19.8 Å². The highest BCUT2D eigenvalue weighted by Gasteiger charge is 2.45. The lowest BCUT2D eigenvalue weighted by molar-refractivity contribution is -0.203. The first-order valence-corrected chi connectivity index (χ1v) is 12.1. The second-order valence-electron chi connectivity index (χ2n) is 8.90. The zero-order valence-electron chi connectivity index (χ0n) is 15.7. The maximum Gasteiger partial charge on any atom is 0.191 e.